The molecular formula is C11H18O3. The molecule has 1 rings (SSSR count). The van der Waals surface area contributed by atoms with Gasteiger partial charge in [0, 0.05) is 0 Å². The summed E-state index contributed by atoms with van der Waals surface area (Å²) in [5, 5.41) is 10.1. The highest BCUT2D eigenvalue weighted by molar-refractivity contribution is 5.74. The lowest BCUT2D eigenvalue weighted by Gasteiger charge is -2.31. The molecule has 0 heterocycles. The van der Waals surface area contributed by atoms with Crippen LogP contribution in [0.25, 0.3) is 0 Å². The fraction of sp³-hybridized carbons (Fsp3) is 0.727. The molecule has 0 unspecified atom stereocenters. The molecule has 0 amide bonds. The lowest BCUT2D eigenvalue weighted by molar-refractivity contribution is -0.154. The molecule has 2 atom stereocenters. The van der Waals surface area contributed by atoms with Crippen molar-refractivity contribution in [3.63, 3.8) is 0 Å². The van der Waals surface area contributed by atoms with Crippen LogP contribution in [-0.4, -0.2) is 23.3 Å². The largest absolute Gasteiger partial charge is 0.466 e. The Balaban J connectivity index is 2.66. The highest BCUT2D eigenvalue weighted by Crippen LogP contribution is 2.30. The Labute approximate surface area is 84.8 Å². The lowest BCUT2D eigenvalue weighted by atomic mass is 9.81. The summed E-state index contributed by atoms with van der Waals surface area (Å²) in [7, 11) is 0. The minimum Gasteiger partial charge on any atom is -0.466 e. The van der Waals surface area contributed by atoms with Crippen molar-refractivity contribution in [2.75, 3.05) is 6.61 Å². The van der Waals surface area contributed by atoms with Gasteiger partial charge < -0.3 is 9.84 Å². The molecule has 0 aromatic rings. The van der Waals surface area contributed by atoms with Crippen molar-refractivity contribution in [1.82, 2.24) is 0 Å². The van der Waals surface area contributed by atoms with Crippen molar-refractivity contribution in [2.24, 2.45) is 5.92 Å². The topological polar surface area (TPSA) is 46.5 Å². The van der Waals surface area contributed by atoms with Crippen molar-refractivity contribution in [3.05, 3.63) is 12.2 Å². The Bertz CT molecular complexity index is 235. The number of hydrogen-bond acceptors (Lipinski definition) is 3. The summed E-state index contributed by atoms with van der Waals surface area (Å²) in [6, 6.07) is 0. The van der Waals surface area contributed by atoms with E-state index in [1.807, 2.05) is 6.08 Å². The van der Waals surface area contributed by atoms with Crippen LogP contribution >= 0.6 is 0 Å². The number of esters is 1. The minimum absolute atomic E-state index is 0.318. The van der Waals surface area contributed by atoms with Crippen molar-refractivity contribution in [2.45, 2.75) is 38.7 Å². The van der Waals surface area contributed by atoms with Crippen LogP contribution < -0.4 is 0 Å². The number of ether oxygens (including phenoxy) is 1. The molecule has 0 aromatic heterocycles. The molecule has 3 heteroatoms. The molecule has 0 saturated carbocycles. The summed E-state index contributed by atoms with van der Waals surface area (Å²) in [5.41, 5.74) is -0.996. The second-order valence-electron chi connectivity index (χ2n) is 3.76. The molecular weight excluding hydrogens is 180 g/mol. The SMILES string of the molecule is CCOC(=O)[C@@H](C)[C@@]1(O)C=CCCC1. The predicted octanol–water partition coefficient (Wildman–Crippen LogP) is 1.66. The van der Waals surface area contributed by atoms with Gasteiger partial charge in [-0.3, -0.25) is 4.79 Å². The highest BCUT2D eigenvalue weighted by atomic mass is 16.5. The first kappa shape index (κ1) is 11.2. The molecule has 0 bridgehead atoms. The van der Waals surface area contributed by atoms with Gasteiger partial charge >= 0.3 is 5.97 Å². The van der Waals surface area contributed by atoms with Crippen LogP contribution in [0.1, 0.15) is 33.1 Å². The number of carbonyl (C=O) groups is 1. The van der Waals surface area contributed by atoms with Crippen LogP contribution in [0.2, 0.25) is 0 Å². The average molecular weight is 198 g/mol. The highest BCUT2D eigenvalue weighted by Gasteiger charge is 2.37. The van der Waals surface area contributed by atoms with E-state index >= 15 is 0 Å². The van der Waals surface area contributed by atoms with E-state index in [1.54, 1.807) is 19.9 Å². The van der Waals surface area contributed by atoms with E-state index in [2.05, 4.69) is 0 Å². The van der Waals surface area contributed by atoms with E-state index < -0.39 is 11.5 Å². The molecule has 0 spiro atoms. The zero-order valence-electron chi connectivity index (χ0n) is 8.82. The molecule has 3 nitrogen and oxygen atoms in total. The monoisotopic (exact) mass is 198 g/mol. The Morgan fingerprint density at radius 2 is 2.43 bits per heavy atom. The molecule has 0 aliphatic heterocycles. The first-order valence-electron chi connectivity index (χ1n) is 5.17. The minimum atomic E-state index is -0.996. The van der Waals surface area contributed by atoms with Gasteiger partial charge in [0.05, 0.1) is 18.1 Å². The van der Waals surface area contributed by atoms with Gasteiger partial charge in [0.2, 0.25) is 0 Å². The Kier molecular flexibility index (Phi) is 3.69. The Morgan fingerprint density at radius 3 is 2.93 bits per heavy atom. The van der Waals surface area contributed by atoms with E-state index in [0.29, 0.717) is 13.0 Å². The summed E-state index contributed by atoms with van der Waals surface area (Å²) >= 11 is 0. The molecule has 14 heavy (non-hydrogen) atoms. The fourth-order valence-corrected chi connectivity index (χ4v) is 1.71. The average Bonchev–Trinajstić information content (AvgIpc) is 2.18. The predicted molar refractivity (Wildman–Crippen MR) is 53.7 cm³/mol. The quantitative estimate of drug-likeness (QED) is 0.554. The van der Waals surface area contributed by atoms with Crippen molar-refractivity contribution < 1.29 is 14.6 Å². The smallest absolute Gasteiger partial charge is 0.311 e. The third-order valence-corrected chi connectivity index (χ3v) is 2.74. The third-order valence-electron chi connectivity index (χ3n) is 2.74. The van der Waals surface area contributed by atoms with Gasteiger partial charge in [-0.2, -0.15) is 0 Å². The second-order valence-corrected chi connectivity index (χ2v) is 3.76. The van der Waals surface area contributed by atoms with E-state index in [9.17, 15) is 9.90 Å². The summed E-state index contributed by atoms with van der Waals surface area (Å²) in [4.78, 5) is 11.4. The van der Waals surface area contributed by atoms with Gasteiger partial charge in [0.25, 0.3) is 0 Å². The molecule has 0 radical (unpaired) electrons. The molecule has 1 aliphatic rings. The summed E-state index contributed by atoms with van der Waals surface area (Å²) < 4.78 is 4.89. The van der Waals surface area contributed by atoms with E-state index in [-0.39, 0.29) is 5.97 Å². The lowest BCUT2D eigenvalue weighted by Crippen LogP contribution is -2.40. The van der Waals surface area contributed by atoms with Gasteiger partial charge in [0.1, 0.15) is 0 Å². The zero-order chi connectivity index (χ0) is 10.6. The summed E-state index contributed by atoms with van der Waals surface area (Å²) in [6.07, 6.45) is 6.22. The molecule has 0 fully saturated rings. The molecule has 1 N–H and O–H groups in total. The van der Waals surface area contributed by atoms with Crippen molar-refractivity contribution >= 4 is 5.97 Å². The van der Waals surface area contributed by atoms with E-state index in [0.717, 1.165) is 12.8 Å². The third kappa shape index (κ3) is 2.35. The molecule has 0 aromatic carbocycles. The number of aliphatic hydroxyl groups is 1. The van der Waals surface area contributed by atoms with Crippen LogP contribution in [0.3, 0.4) is 0 Å². The van der Waals surface area contributed by atoms with Crippen LogP contribution in [0.15, 0.2) is 12.2 Å². The fourth-order valence-electron chi connectivity index (χ4n) is 1.71. The van der Waals surface area contributed by atoms with Gasteiger partial charge in [-0.1, -0.05) is 12.2 Å². The maximum Gasteiger partial charge on any atom is 0.311 e. The van der Waals surface area contributed by atoms with Gasteiger partial charge in [-0.05, 0) is 33.1 Å². The first-order chi connectivity index (χ1) is 6.60. The normalized spacial score (nSPS) is 28.5. The van der Waals surface area contributed by atoms with Crippen molar-refractivity contribution in [1.29, 1.82) is 0 Å². The maximum absolute atomic E-state index is 11.4. The van der Waals surface area contributed by atoms with Crippen LogP contribution in [0.5, 0.6) is 0 Å². The Hall–Kier alpha value is -0.830. The standard InChI is InChI=1S/C11H18O3/c1-3-14-10(12)9(2)11(13)7-5-4-6-8-11/h5,7,9,13H,3-4,6,8H2,1-2H3/t9-,11-/m1/s1. The molecule has 0 saturated heterocycles. The van der Waals surface area contributed by atoms with Crippen LogP contribution in [0, 0.1) is 5.92 Å². The van der Waals surface area contributed by atoms with Crippen molar-refractivity contribution in [3.8, 4) is 0 Å². The number of rotatable bonds is 3. The second kappa shape index (κ2) is 4.60. The zero-order valence-corrected chi connectivity index (χ0v) is 8.82. The van der Waals surface area contributed by atoms with Gasteiger partial charge in [-0.25, -0.2) is 0 Å². The first-order valence-corrected chi connectivity index (χ1v) is 5.17. The van der Waals surface area contributed by atoms with Crippen LogP contribution in [-0.2, 0) is 9.53 Å². The Morgan fingerprint density at radius 1 is 1.71 bits per heavy atom. The van der Waals surface area contributed by atoms with Gasteiger partial charge in [-0.15, -0.1) is 0 Å². The number of allylic oxidation sites excluding steroid dienone is 1. The number of hydrogen-bond donors (Lipinski definition) is 1. The van der Waals surface area contributed by atoms with Crippen LogP contribution in [0.4, 0.5) is 0 Å². The molecule has 1 aliphatic carbocycles. The maximum atomic E-state index is 11.4. The number of carbonyl (C=O) groups excluding carboxylic acids is 1. The van der Waals surface area contributed by atoms with Gasteiger partial charge in [0.15, 0.2) is 0 Å². The summed E-state index contributed by atoms with van der Waals surface area (Å²) in [5.74, 6) is -0.791. The van der Waals surface area contributed by atoms with E-state index in [1.165, 1.54) is 0 Å². The van der Waals surface area contributed by atoms with E-state index in [4.69, 9.17) is 4.74 Å². The molecule has 80 valence electrons. The summed E-state index contributed by atoms with van der Waals surface area (Å²) in [6.45, 7) is 3.85.